The second-order valence-electron chi connectivity index (χ2n) is 6.84. The summed E-state index contributed by atoms with van der Waals surface area (Å²) in [6.45, 7) is 6.29. The van der Waals surface area contributed by atoms with Gasteiger partial charge in [0.05, 0.1) is 5.41 Å². The number of hydrogen-bond acceptors (Lipinski definition) is 3. The van der Waals surface area contributed by atoms with Crippen LogP contribution in [0.25, 0.3) is 0 Å². The van der Waals surface area contributed by atoms with Gasteiger partial charge in [-0.15, -0.1) is 0 Å². The maximum Gasteiger partial charge on any atom is 0.313 e. The molecule has 4 nitrogen and oxygen atoms in total. The maximum atomic E-state index is 12.7. The van der Waals surface area contributed by atoms with Gasteiger partial charge in [-0.3, -0.25) is 9.59 Å². The monoisotopic (exact) mass is 287 g/mol. The number of benzene rings is 1. The highest BCUT2D eigenvalue weighted by Crippen LogP contribution is 2.65. The molecule has 2 bridgehead atoms. The summed E-state index contributed by atoms with van der Waals surface area (Å²) in [6.07, 6.45) is 1.31. The summed E-state index contributed by atoms with van der Waals surface area (Å²) in [7, 11) is 0. The Bertz CT molecular complexity index is 595. The molecule has 1 aliphatic carbocycles. The van der Waals surface area contributed by atoms with Gasteiger partial charge < -0.3 is 10.1 Å². The highest BCUT2D eigenvalue weighted by Gasteiger charge is 2.75. The standard InChI is InChI=1S/C17H21NO3/c1-15(2)16(3)9-10-17(15,21-14(16)20)13(19)18-11-12-7-5-4-6-8-12/h4-8H,9-11H2,1-3H3,(H,18,19)/t16-,17-/m0/s1. The van der Waals surface area contributed by atoms with Gasteiger partial charge in [0.25, 0.3) is 5.91 Å². The largest absolute Gasteiger partial charge is 0.448 e. The molecule has 1 saturated carbocycles. The smallest absolute Gasteiger partial charge is 0.313 e. The number of hydrogen-bond donors (Lipinski definition) is 1. The molecular weight excluding hydrogens is 266 g/mol. The molecule has 0 aromatic heterocycles. The van der Waals surface area contributed by atoms with Gasteiger partial charge in [0.15, 0.2) is 5.60 Å². The number of nitrogens with one attached hydrogen (secondary N) is 1. The van der Waals surface area contributed by atoms with Crippen molar-refractivity contribution in [2.45, 2.75) is 45.8 Å². The van der Waals surface area contributed by atoms with E-state index in [1.165, 1.54) is 0 Å². The first-order valence-corrected chi connectivity index (χ1v) is 7.39. The van der Waals surface area contributed by atoms with E-state index in [9.17, 15) is 9.59 Å². The van der Waals surface area contributed by atoms with Crippen LogP contribution in [0.5, 0.6) is 0 Å². The average molecular weight is 287 g/mol. The zero-order valence-corrected chi connectivity index (χ0v) is 12.7. The summed E-state index contributed by atoms with van der Waals surface area (Å²) in [6, 6.07) is 9.73. The van der Waals surface area contributed by atoms with Crippen molar-refractivity contribution in [2.24, 2.45) is 10.8 Å². The molecule has 4 heteroatoms. The van der Waals surface area contributed by atoms with E-state index in [1.807, 2.05) is 51.1 Å². The van der Waals surface area contributed by atoms with Crippen molar-refractivity contribution in [2.75, 3.05) is 0 Å². The molecule has 2 atom stereocenters. The lowest BCUT2D eigenvalue weighted by atomic mass is 9.66. The van der Waals surface area contributed by atoms with Gasteiger partial charge in [-0.2, -0.15) is 0 Å². The SMILES string of the molecule is CC1(C)[C@@]2(C)CC[C@@]1(C(=O)NCc1ccccc1)OC2=O. The summed E-state index contributed by atoms with van der Waals surface area (Å²) in [4.78, 5) is 24.9. The molecule has 1 N–H and O–H groups in total. The number of esters is 1. The fourth-order valence-electron chi connectivity index (χ4n) is 3.67. The molecule has 3 rings (SSSR count). The molecule has 1 saturated heterocycles. The van der Waals surface area contributed by atoms with E-state index in [1.54, 1.807) is 0 Å². The van der Waals surface area contributed by atoms with Crippen LogP contribution in [0.3, 0.4) is 0 Å². The summed E-state index contributed by atoms with van der Waals surface area (Å²) in [5.74, 6) is -0.417. The van der Waals surface area contributed by atoms with Crippen LogP contribution in [-0.4, -0.2) is 17.5 Å². The van der Waals surface area contributed by atoms with Gasteiger partial charge >= 0.3 is 5.97 Å². The van der Waals surface area contributed by atoms with E-state index in [-0.39, 0.29) is 11.9 Å². The van der Waals surface area contributed by atoms with Crippen molar-refractivity contribution in [3.8, 4) is 0 Å². The molecule has 1 aromatic rings. The molecule has 21 heavy (non-hydrogen) atoms. The van der Waals surface area contributed by atoms with Gasteiger partial charge in [0, 0.05) is 12.0 Å². The number of rotatable bonds is 3. The van der Waals surface area contributed by atoms with Gasteiger partial charge in [-0.1, -0.05) is 44.2 Å². The molecule has 0 unspecified atom stereocenters. The van der Waals surface area contributed by atoms with Crippen LogP contribution in [0.4, 0.5) is 0 Å². The number of carbonyl (C=O) groups is 2. The Morgan fingerprint density at radius 2 is 1.86 bits per heavy atom. The van der Waals surface area contributed by atoms with Gasteiger partial charge in [0.2, 0.25) is 0 Å². The Morgan fingerprint density at radius 3 is 2.38 bits per heavy atom. The van der Waals surface area contributed by atoms with Crippen LogP contribution in [0.1, 0.15) is 39.2 Å². The van der Waals surface area contributed by atoms with Crippen LogP contribution in [0.2, 0.25) is 0 Å². The van der Waals surface area contributed by atoms with Crippen molar-refractivity contribution >= 4 is 11.9 Å². The zero-order chi connectivity index (χ0) is 15.3. The third-order valence-corrected chi connectivity index (χ3v) is 5.75. The molecule has 1 heterocycles. The van der Waals surface area contributed by atoms with E-state index in [2.05, 4.69) is 5.32 Å². The fourth-order valence-corrected chi connectivity index (χ4v) is 3.67. The first-order chi connectivity index (χ1) is 9.83. The number of carbonyl (C=O) groups excluding carboxylic acids is 2. The van der Waals surface area contributed by atoms with Crippen LogP contribution < -0.4 is 5.32 Å². The molecule has 1 aromatic carbocycles. The minimum absolute atomic E-state index is 0.175. The summed E-state index contributed by atoms with van der Waals surface area (Å²) in [5.41, 5.74) is -1.03. The highest BCUT2D eigenvalue weighted by atomic mass is 16.6. The zero-order valence-electron chi connectivity index (χ0n) is 12.7. The lowest BCUT2D eigenvalue weighted by Gasteiger charge is -2.35. The Balaban J connectivity index is 1.80. The van der Waals surface area contributed by atoms with Gasteiger partial charge in [0.1, 0.15) is 0 Å². The molecule has 2 aliphatic rings. The second-order valence-corrected chi connectivity index (χ2v) is 6.84. The lowest BCUT2D eigenvalue weighted by molar-refractivity contribution is -0.168. The van der Waals surface area contributed by atoms with E-state index in [0.717, 1.165) is 5.56 Å². The van der Waals surface area contributed by atoms with Gasteiger partial charge in [-0.05, 0) is 25.3 Å². The van der Waals surface area contributed by atoms with Crippen LogP contribution in [0, 0.1) is 10.8 Å². The summed E-state index contributed by atoms with van der Waals surface area (Å²) < 4.78 is 5.57. The van der Waals surface area contributed by atoms with Crippen LogP contribution >= 0.6 is 0 Å². The average Bonchev–Trinajstić information content (AvgIpc) is 2.76. The minimum atomic E-state index is -1.02. The van der Waals surface area contributed by atoms with E-state index < -0.39 is 16.4 Å². The molecule has 112 valence electrons. The fraction of sp³-hybridized carbons (Fsp3) is 0.529. The maximum absolute atomic E-state index is 12.7. The van der Waals surface area contributed by atoms with Crippen LogP contribution in [0.15, 0.2) is 30.3 Å². The molecule has 1 aliphatic heterocycles. The normalized spacial score (nSPS) is 32.8. The second kappa shape index (κ2) is 4.33. The van der Waals surface area contributed by atoms with Crippen LogP contribution in [-0.2, 0) is 20.9 Å². The molecular formula is C17H21NO3. The number of amides is 1. The molecule has 1 amide bonds. The van der Waals surface area contributed by atoms with E-state index in [0.29, 0.717) is 19.4 Å². The predicted molar refractivity (Wildman–Crippen MR) is 78.2 cm³/mol. The number of ether oxygens (including phenoxy) is 1. The summed E-state index contributed by atoms with van der Waals surface area (Å²) in [5, 5.41) is 2.94. The first kappa shape index (κ1) is 14.1. The Hall–Kier alpha value is -1.84. The topological polar surface area (TPSA) is 55.4 Å². The summed E-state index contributed by atoms with van der Waals surface area (Å²) >= 11 is 0. The van der Waals surface area contributed by atoms with E-state index in [4.69, 9.17) is 4.74 Å². The Kier molecular flexibility index (Phi) is 2.91. The molecule has 2 fully saturated rings. The minimum Gasteiger partial charge on any atom is -0.448 e. The molecule has 0 radical (unpaired) electrons. The lowest BCUT2D eigenvalue weighted by Crippen LogP contribution is -2.53. The molecule has 0 spiro atoms. The van der Waals surface area contributed by atoms with Gasteiger partial charge in [-0.25, -0.2) is 0 Å². The van der Waals surface area contributed by atoms with Crippen molar-refractivity contribution in [3.63, 3.8) is 0 Å². The number of fused-ring (bicyclic) bond motifs is 2. The van der Waals surface area contributed by atoms with Crippen molar-refractivity contribution < 1.29 is 14.3 Å². The highest BCUT2D eigenvalue weighted by molar-refractivity contribution is 5.96. The van der Waals surface area contributed by atoms with E-state index >= 15 is 0 Å². The predicted octanol–water partition coefficient (Wildman–Crippen LogP) is 2.42. The quantitative estimate of drug-likeness (QED) is 0.869. The third kappa shape index (κ3) is 1.68. The van der Waals surface area contributed by atoms with Crippen molar-refractivity contribution in [3.05, 3.63) is 35.9 Å². The Morgan fingerprint density at radius 1 is 1.19 bits per heavy atom. The Labute approximate surface area is 124 Å². The third-order valence-electron chi connectivity index (χ3n) is 5.75. The van der Waals surface area contributed by atoms with Crippen molar-refractivity contribution in [1.82, 2.24) is 5.32 Å². The van der Waals surface area contributed by atoms with Crippen molar-refractivity contribution in [1.29, 1.82) is 0 Å². The first-order valence-electron chi connectivity index (χ1n) is 7.39.